The van der Waals surface area contributed by atoms with Crippen LogP contribution < -0.4 is 5.32 Å². The Morgan fingerprint density at radius 2 is 1.62 bits per heavy atom. The number of nitrogens with one attached hydrogen (secondary N) is 1. The highest BCUT2D eigenvalue weighted by Crippen LogP contribution is 2.52. The molecule has 1 fully saturated rings. The molecule has 1 aliphatic heterocycles. The van der Waals surface area contributed by atoms with Crippen LogP contribution in [0.2, 0.25) is 0 Å². The van der Waals surface area contributed by atoms with Gasteiger partial charge in [0.25, 0.3) is 0 Å². The Bertz CT molecular complexity index is 464. The molecule has 1 aliphatic rings. The van der Waals surface area contributed by atoms with E-state index in [4.69, 9.17) is 0 Å². The van der Waals surface area contributed by atoms with Gasteiger partial charge < -0.3 is 5.32 Å². The van der Waals surface area contributed by atoms with Gasteiger partial charge in [0.05, 0.1) is 4.90 Å². The van der Waals surface area contributed by atoms with Crippen molar-refractivity contribution in [3.05, 3.63) is 29.6 Å². The minimum Gasteiger partial charge on any atom is -0.314 e. The maximum Gasteiger partial charge on any atom is 0.125 e. The molecular weight excluding hydrogens is 327 g/mol. The van der Waals surface area contributed by atoms with Crippen LogP contribution in [0.1, 0.15) is 47.1 Å². The highest BCUT2D eigenvalue weighted by Gasteiger charge is 2.22. The Kier molecular flexibility index (Phi) is 11.5. The van der Waals surface area contributed by atoms with Gasteiger partial charge in [0.2, 0.25) is 0 Å². The van der Waals surface area contributed by atoms with Gasteiger partial charge >= 0.3 is 0 Å². The number of piperazine rings is 1. The van der Waals surface area contributed by atoms with Gasteiger partial charge in [0, 0.05) is 38.0 Å². The number of rotatable bonds is 4. The zero-order chi connectivity index (χ0) is 18.8. The standard InChI is InChI=1S/C14H23FN2O2S.2C2H6/c1-11(2)20(18,19)14-8-12(7-13(15)9-14)10-17-5-3-16-4-6-17;2*1-2/h7-9,11,16,18-19H,3-6,10H2,1-2H3;2*1-2H3. The summed E-state index contributed by atoms with van der Waals surface area (Å²) in [5.74, 6) is -0.409. The number of hydrogen-bond acceptors (Lipinski definition) is 4. The van der Waals surface area contributed by atoms with Gasteiger partial charge in [-0.25, -0.2) is 4.39 Å². The molecular formula is C18H35FN2O2S. The molecule has 1 heterocycles. The third-order valence-corrected chi connectivity index (χ3v) is 5.80. The van der Waals surface area contributed by atoms with Crippen LogP contribution in [-0.2, 0) is 6.54 Å². The van der Waals surface area contributed by atoms with Crippen molar-refractivity contribution in [3.8, 4) is 0 Å². The zero-order valence-corrected chi connectivity index (χ0v) is 16.8. The molecule has 142 valence electrons. The van der Waals surface area contributed by atoms with E-state index in [0.29, 0.717) is 11.4 Å². The van der Waals surface area contributed by atoms with Crippen LogP contribution >= 0.6 is 10.6 Å². The van der Waals surface area contributed by atoms with Crippen molar-refractivity contribution < 1.29 is 13.5 Å². The van der Waals surface area contributed by atoms with Gasteiger partial charge in [0.15, 0.2) is 0 Å². The SMILES string of the molecule is CC.CC.CC(C)S(O)(O)c1cc(F)cc(CN2CCNCC2)c1. The van der Waals surface area contributed by atoms with Gasteiger partial charge in [-0.2, -0.15) is 10.6 Å². The summed E-state index contributed by atoms with van der Waals surface area (Å²) in [5.41, 5.74) is 0.794. The molecule has 0 amide bonds. The molecule has 6 heteroatoms. The second-order valence-corrected chi connectivity index (χ2v) is 8.06. The van der Waals surface area contributed by atoms with Gasteiger partial charge in [-0.1, -0.05) is 27.7 Å². The summed E-state index contributed by atoms with van der Waals surface area (Å²) < 4.78 is 34.1. The van der Waals surface area contributed by atoms with Crippen LogP contribution in [0.4, 0.5) is 4.39 Å². The van der Waals surface area contributed by atoms with E-state index in [1.165, 1.54) is 12.1 Å². The molecule has 0 aliphatic carbocycles. The molecule has 4 nitrogen and oxygen atoms in total. The van der Waals surface area contributed by atoms with E-state index >= 15 is 0 Å². The minimum atomic E-state index is -2.93. The van der Waals surface area contributed by atoms with E-state index in [1.807, 2.05) is 27.7 Å². The van der Waals surface area contributed by atoms with Crippen molar-refractivity contribution in [2.75, 3.05) is 26.2 Å². The van der Waals surface area contributed by atoms with Crippen molar-refractivity contribution in [1.82, 2.24) is 10.2 Å². The van der Waals surface area contributed by atoms with Crippen molar-refractivity contribution in [2.45, 2.75) is 58.2 Å². The monoisotopic (exact) mass is 362 g/mol. The number of benzene rings is 1. The van der Waals surface area contributed by atoms with E-state index in [0.717, 1.165) is 31.7 Å². The van der Waals surface area contributed by atoms with E-state index in [1.54, 1.807) is 19.9 Å². The Morgan fingerprint density at radius 3 is 2.12 bits per heavy atom. The summed E-state index contributed by atoms with van der Waals surface area (Å²) >= 11 is 0. The summed E-state index contributed by atoms with van der Waals surface area (Å²) in [6.45, 7) is 15.8. The normalized spacial score (nSPS) is 15.9. The third kappa shape index (κ3) is 7.07. The average Bonchev–Trinajstić information content (AvgIpc) is 2.58. The number of nitrogens with zero attached hydrogens (tertiary/aromatic N) is 1. The van der Waals surface area contributed by atoms with Gasteiger partial charge in [-0.15, -0.1) is 0 Å². The minimum absolute atomic E-state index is 0.303. The average molecular weight is 363 g/mol. The van der Waals surface area contributed by atoms with Crippen LogP contribution in [0.25, 0.3) is 0 Å². The van der Waals surface area contributed by atoms with Crippen LogP contribution in [0.15, 0.2) is 23.1 Å². The lowest BCUT2D eigenvalue weighted by atomic mass is 10.2. The van der Waals surface area contributed by atoms with Crippen LogP contribution in [0.5, 0.6) is 0 Å². The quantitative estimate of drug-likeness (QED) is 0.720. The first-order valence-corrected chi connectivity index (χ1v) is 10.5. The number of hydrogen-bond donors (Lipinski definition) is 3. The molecule has 0 bridgehead atoms. The molecule has 2 rings (SSSR count). The molecule has 0 atom stereocenters. The molecule has 0 saturated carbocycles. The molecule has 0 spiro atoms. The zero-order valence-electron chi connectivity index (χ0n) is 16.0. The lowest BCUT2D eigenvalue weighted by Gasteiger charge is -2.37. The van der Waals surface area contributed by atoms with Gasteiger partial charge in [0.1, 0.15) is 5.82 Å². The summed E-state index contributed by atoms with van der Waals surface area (Å²) in [4.78, 5) is 2.54. The molecule has 24 heavy (non-hydrogen) atoms. The Hall–Kier alpha value is -0.660. The van der Waals surface area contributed by atoms with Crippen LogP contribution in [0, 0.1) is 5.82 Å². The highest BCUT2D eigenvalue weighted by molar-refractivity contribution is 8.24. The fourth-order valence-electron chi connectivity index (χ4n) is 2.29. The van der Waals surface area contributed by atoms with E-state index < -0.39 is 16.4 Å². The Morgan fingerprint density at radius 1 is 1.08 bits per heavy atom. The molecule has 1 aromatic rings. The first kappa shape index (κ1) is 23.3. The van der Waals surface area contributed by atoms with Crippen molar-refractivity contribution in [2.24, 2.45) is 0 Å². The van der Waals surface area contributed by atoms with Crippen LogP contribution in [-0.4, -0.2) is 45.4 Å². The lowest BCUT2D eigenvalue weighted by Crippen LogP contribution is -2.42. The summed E-state index contributed by atoms with van der Waals surface area (Å²) in [6, 6.07) is 4.43. The Labute approximate surface area is 148 Å². The second-order valence-electron chi connectivity index (χ2n) is 5.46. The molecule has 0 unspecified atom stereocenters. The van der Waals surface area contributed by atoms with Gasteiger partial charge in [-0.3, -0.25) is 14.0 Å². The predicted octanol–water partition coefficient (Wildman–Crippen LogP) is 4.80. The topological polar surface area (TPSA) is 55.7 Å². The lowest BCUT2D eigenvalue weighted by molar-refractivity contribution is 0.233. The third-order valence-electron chi connectivity index (χ3n) is 3.55. The first-order valence-electron chi connectivity index (χ1n) is 8.89. The summed E-state index contributed by atoms with van der Waals surface area (Å²) in [7, 11) is -2.93. The summed E-state index contributed by atoms with van der Waals surface area (Å²) in [6.07, 6.45) is 0. The van der Waals surface area contributed by atoms with Crippen LogP contribution in [0.3, 0.4) is 0 Å². The van der Waals surface area contributed by atoms with Crippen molar-refractivity contribution >= 4 is 10.6 Å². The van der Waals surface area contributed by atoms with E-state index in [2.05, 4.69) is 10.2 Å². The van der Waals surface area contributed by atoms with Crippen molar-refractivity contribution in [1.29, 1.82) is 0 Å². The van der Waals surface area contributed by atoms with Gasteiger partial charge in [-0.05, 0) is 37.6 Å². The molecule has 0 radical (unpaired) electrons. The molecule has 0 aromatic heterocycles. The summed E-state index contributed by atoms with van der Waals surface area (Å²) in [5, 5.41) is 2.95. The van der Waals surface area contributed by atoms with E-state index in [9.17, 15) is 13.5 Å². The molecule has 1 saturated heterocycles. The predicted molar refractivity (Wildman–Crippen MR) is 103 cm³/mol. The fourth-order valence-corrected chi connectivity index (χ4v) is 3.44. The second kappa shape index (κ2) is 11.8. The highest BCUT2D eigenvalue weighted by atomic mass is 32.3. The maximum absolute atomic E-state index is 13.7. The largest absolute Gasteiger partial charge is 0.314 e. The Balaban J connectivity index is 0.00000123. The molecule has 1 aromatic carbocycles. The first-order chi connectivity index (χ1) is 11.4. The van der Waals surface area contributed by atoms with E-state index in [-0.39, 0.29) is 5.25 Å². The number of halogens is 1. The smallest absolute Gasteiger partial charge is 0.125 e. The molecule has 3 N–H and O–H groups in total. The maximum atomic E-state index is 13.7. The van der Waals surface area contributed by atoms with Crippen molar-refractivity contribution in [3.63, 3.8) is 0 Å². The fraction of sp³-hybridized carbons (Fsp3) is 0.667.